The zero-order chi connectivity index (χ0) is 24.9. The van der Waals surface area contributed by atoms with Gasteiger partial charge < -0.3 is 15.4 Å². The summed E-state index contributed by atoms with van der Waals surface area (Å²) in [5.74, 6) is -3.82. The fourth-order valence-corrected chi connectivity index (χ4v) is 4.02. The number of rotatable bonds is 4. The number of ether oxygens (including phenoxy) is 1. The summed E-state index contributed by atoms with van der Waals surface area (Å²) in [5.41, 5.74) is 1.04. The Kier molecular flexibility index (Phi) is 5.92. The smallest absolute Gasteiger partial charge is 0.417 e. The van der Waals surface area contributed by atoms with Crippen LogP contribution in [0.5, 0.6) is 0 Å². The van der Waals surface area contributed by atoms with Crippen molar-refractivity contribution in [1.82, 2.24) is 0 Å². The Morgan fingerprint density at radius 2 is 1.64 bits per heavy atom. The van der Waals surface area contributed by atoms with Gasteiger partial charge in [0, 0.05) is 5.69 Å². The Bertz CT molecular complexity index is 1200. The van der Waals surface area contributed by atoms with E-state index >= 15 is 0 Å². The number of alkyl halides is 3. The van der Waals surface area contributed by atoms with Crippen LogP contribution in [0.1, 0.15) is 40.1 Å². The van der Waals surface area contributed by atoms with Gasteiger partial charge in [-0.3, -0.25) is 14.5 Å². The Morgan fingerprint density at radius 3 is 2.15 bits per heavy atom. The molecule has 0 spiro atoms. The summed E-state index contributed by atoms with van der Waals surface area (Å²) >= 11 is 5.37. The van der Waals surface area contributed by atoms with Gasteiger partial charge in [0.1, 0.15) is 11.4 Å². The molecule has 2 amide bonds. The van der Waals surface area contributed by atoms with Crippen molar-refractivity contribution in [2.24, 2.45) is 5.73 Å². The Morgan fingerprint density at radius 1 is 1.06 bits per heavy atom. The van der Waals surface area contributed by atoms with Crippen molar-refractivity contribution in [2.75, 3.05) is 16.9 Å². The molecule has 0 bridgehead atoms. The van der Waals surface area contributed by atoms with Crippen LogP contribution in [0.3, 0.4) is 0 Å². The number of hydrogen-bond acceptors (Lipinski definition) is 5. The number of amides is 2. The highest BCUT2D eigenvalue weighted by Crippen LogP contribution is 2.40. The number of primary amides is 1. The maximum atomic E-state index is 14.5. The molecule has 0 unspecified atom stereocenters. The second-order valence-corrected chi connectivity index (χ2v) is 7.93. The van der Waals surface area contributed by atoms with E-state index < -0.39 is 46.4 Å². The number of carbonyl (C=O) groups is 3. The number of thiocarbonyl (C=S) groups is 1. The molecule has 0 saturated carbocycles. The van der Waals surface area contributed by atoms with E-state index in [9.17, 15) is 31.9 Å². The second kappa shape index (κ2) is 8.10. The zero-order valence-electron chi connectivity index (χ0n) is 17.5. The molecule has 7 nitrogen and oxygen atoms in total. The number of nitrogens with zero attached hydrogens (tertiary/aromatic N) is 2. The average Bonchev–Trinajstić information content (AvgIpc) is 2.90. The third-order valence-corrected chi connectivity index (χ3v) is 5.48. The van der Waals surface area contributed by atoms with Crippen LogP contribution in [-0.2, 0) is 15.7 Å². The molecule has 0 aliphatic carbocycles. The Balaban J connectivity index is 2.11. The van der Waals surface area contributed by atoms with E-state index in [1.54, 1.807) is 0 Å². The lowest BCUT2D eigenvalue weighted by molar-refractivity contribution is -0.138. The van der Waals surface area contributed by atoms with Crippen LogP contribution in [-0.4, -0.2) is 35.5 Å². The number of esters is 1. The molecule has 0 atom stereocenters. The van der Waals surface area contributed by atoms with Gasteiger partial charge in [0.15, 0.2) is 5.11 Å². The number of benzene rings is 2. The predicted molar refractivity (Wildman–Crippen MR) is 114 cm³/mol. The summed E-state index contributed by atoms with van der Waals surface area (Å²) in [7, 11) is 1.09. The number of anilines is 2. The van der Waals surface area contributed by atoms with Crippen LogP contribution in [0, 0.1) is 5.82 Å². The summed E-state index contributed by atoms with van der Waals surface area (Å²) in [4.78, 5) is 38.4. The first-order chi connectivity index (χ1) is 15.2. The van der Waals surface area contributed by atoms with E-state index in [1.165, 1.54) is 24.8 Å². The topological polar surface area (TPSA) is 92.9 Å². The first-order valence-electron chi connectivity index (χ1n) is 9.29. The minimum absolute atomic E-state index is 0.0933. The second-order valence-electron chi connectivity index (χ2n) is 7.57. The third-order valence-electron chi connectivity index (χ3n) is 5.12. The van der Waals surface area contributed by atoms with Crippen molar-refractivity contribution in [3.8, 4) is 0 Å². The lowest BCUT2D eigenvalue weighted by Crippen LogP contribution is -2.44. The summed E-state index contributed by atoms with van der Waals surface area (Å²) in [6.45, 7) is 2.91. The number of carbonyl (C=O) groups excluding carboxylic acids is 3. The Hall–Kier alpha value is -3.54. The first kappa shape index (κ1) is 24.1. The van der Waals surface area contributed by atoms with Gasteiger partial charge in [0.2, 0.25) is 5.91 Å². The van der Waals surface area contributed by atoms with Crippen molar-refractivity contribution >= 4 is 46.5 Å². The van der Waals surface area contributed by atoms with Crippen molar-refractivity contribution in [3.63, 3.8) is 0 Å². The molecule has 0 radical (unpaired) electrons. The molecule has 12 heteroatoms. The minimum atomic E-state index is -4.92. The fourth-order valence-electron chi connectivity index (χ4n) is 3.50. The summed E-state index contributed by atoms with van der Waals surface area (Å²) < 4.78 is 59.5. The number of nitrogens with two attached hydrogens (primary N) is 1. The van der Waals surface area contributed by atoms with Crippen molar-refractivity contribution in [1.29, 1.82) is 0 Å². The maximum Gasteiger partial charge on any atom is 0.417 e. The van der Waals surface area contributed by atoms with Gasteiger partial charge in [-0.2, -0.15) is 13.2 Å². The largest absolute Gasteiger partial charge is 0.465 e. The van der Waals surface area contributed by atoms with E-state index in [-0.39, 0.29) is 22.1 Å². The van der Waals surface area contributed by atoms with Gasteiger partial charge in [-0.15, -0.1) is 0 Å². The van der Waals surface area contributed by atoms with Crippen molar-refractivity contribution in [3.05, 3.63) is 58.9 Å². The van der Waals surface area contributed by atoms with Gasteiger partial charge >= 0.3 is 12.1 Å². The van der Waals surface area contributed by atoms with E-state index in [4.69, 9.17) is 18.0 Å². The van der Waals surface area contributed by atoms with Crippen LogP contribution < -0.4 is 15.5 Å². The van der Waals surface area contributed by atoms with Crippen molar-refractivity contribution in [2.45, 2.75) is 25.6 Å². The molecule has 1 aliphatic heterocycles. The molecule has 2 aromatic carbocycles. The van der Waals surface area contributed by atoms with Gasteiger partial charge in [0.25, 0.3) is 5.91 Å². The molecule has 2 N–H and O–H groups in total. The fraction of sp³-hybridized carbons (Fsp3) is 0.238. The molecule has 1 aliphatic rings. The number of halogens is 4. The molecule has 174 valence electrons. The molecule has 1 saturated heterocycles. The van der Waals surface area contributed by atoms with Gasteiger partial charge in [0.05, 0.1) is 29.5 Å². The number of methoxy groups -OCH3 is 1. The van der Waals surface area contributed by atoms with E-state index in [0.29, 0.717) is 6.07 Å². The summed E-state index contributed by atoms with van der Waals surface area (Å²) in [6.07, 6.45) is -4.92. The van der Waals surface area contributed by atoms with Crippen LogP contribution in [0.25, 0.3) is 0 Å². The van der Waals surface area contributed by atoms with Gasteiger partial charge in [-0.25, -0.2) is 9.18 Å². The molecular weight excluding hydrogens is 466 g/mol. The zero-order valence-corrected chi connectivity index (χ0v) is 18.3. The highest BCUT2D eigenvalue weighted by atomic mass is 32.1. The quantitative estimate of drug-likeness (QED) is 0.406. The van der Waals surface area contributed by atoms with E-state index in [2.05, 4.69) is 4.74 Å². The minimum Gasteiger partial charge on any atom is -0.465 e. The van der Waals surface area contributed by atoms with E-state index in [1.807, 2.05) is 0 Å². The summed E-state index contributed by atoms with van der Waals surface area (Å²) in [5, 5.41) is -0.227. The monoisotopic (exact) mass is 483 g/mol. The molecule has 1 heterocycles. The normalized spacial score (nSPS) is 15.7. The lowest BCUT2D eigenvalue weighted by Gasteiger charge is -2.29. The predicted octanol–water partition coefficient (Wildman–Crippen LogP) is 3.65. The Labute approximate surface area is 190 Å². The standard InChI is InChI=1S/C21H17F4N3O4S/c1-20(2)18(31)27(10-4-6-12(16(26)29)14(8-10)21(23,24)25)19(33)28(20)11-5-7-13(15(22)9-11)17(30)32-3/h4-9H,1-3H3,(H2,26,29). The number of hydrogen-bond donors (Lipinski definition) is 1. The van der Waals surface area contributed by atoms with Crippen LogP contribution >= 0.6 is 12.2 Å². The van der Waals surface area contributed by atoms with Crippen LogP contribution in [0.2, 0.25) is 0 Å². The highest BCUT2D eigenvalue weighted by molar-refractivity contribution is 7.81. The van der Waals surface area contributed by atoms with Crippen LogP contribution in [0.15, 0.2) is 36.4 Å². The van der Waals surface area contributed by atoms with Crippen LogP contribution in [0.4, 0.5) is 28.9 Å². The highest BCUT2D eigenvalue weighted by Gasteiger charge is 2.51. The third kappa shape index (κ3) is 4.01. The summed E-state index contributed by atoms with van der Waals surface area (Å²) in [6, 6.07) is 6.01. The average molecular weight is 483 g/mol. The molecule has 0 aromatic heterocycles. The molecule has 3 rings (SSSR count). The van der Waals surface area contributed by atoms with Crippen molar-refractivity contribution < 1.29 is 36.7 Å². The van der Waals surface area contributed by atoms with Gasteiger partial charge in [-0.05, 0) is 62.5 Å². The molecule has 1 fully saturated rings. The SMILES string of the molecule is COC(=O)c1ccc(N2C(=S)N(c3ccc(C(N)=O)c(C(F)(F)F)c3)C(=O)C2(C)C)cc1F. The molecular formula is C21H17F4N3O4S. The maximum absolute atomic E-state index is 14.5. The molecule has 33 heavy (non-hydrogen) atoms. The van der Waals surface area contributed by atoms with E-state index in [0.717, 1.165) is 36.3 Å². The molecule has 2 aromatic rings. The van der Waals surface area contributed by atoms with Gasteiger partial charge in [-0.1, -0.05) is 0 Å². The first-order valence-corrected chi connectivity index (χ1v) is 9.70. The lowest BCUT2D eigenvalue weighted by atomic mass is 10.0.